The molecule has 3 nitrogen and oxygen atoms in total. The molecule has 3 aromatic carbocycles. The molecule has 3 aromatic rings. The number of rotatable bonds is 6. The molecule has 0 saturated heterocycles. The molecule has 3 heteroatoms. The first kappa shape index (κ1) is 21.4. The predicted octanol–water partition coefficient (Wildman–Crippen LogP) is 7.19. The first-order valence-corrected chi connectivity index (χ1v) is 10.8. The van der Waals surface area contributed by atoms with E-state index in [1.807, 2.05) is 98.8 Å². The molecule has 4 rings (SSSR count). The molecule has 0 aromatic heterocycles. The van der Waals surface area contributed by atoms with Crippen LogP contribution >= 0.6 is 0 Å². The van der Waals surface area contributed by atoms with E-state index in [0.717, 1.165) is 44.7 Å². The summed E-state index contributed by atoms with van der Waals surface area (Å²) >= 11 is 0. The molecule has 158 valence electrons. The topological polar surface area (TPSA) is 41.8 Å². The van der Waals surface area contributed by atoms with Crippen LogP contribution in [0, 0.1) is 13.8 Å². The molecule has 32 heavy (non-hydrogen) atoms. The van der Waals surface area contributed by atoms with E-state index in [0.29, 0.717) is 12.8 Å². The summed E-state index contributed by atoms with van der Waals surface area (Å²) in [6, 6.07) is 26.3. The van der Waals surface area contributed by atoms with Crippen molar-refractivity contribution in [1.29, 1.82) is 0 Å². The van der Waals surface area contributed by atoms with Gasteiger partial charge in [0.25, 0.3) is 0 Å². The Morgan fingerprint density at radius 2 is 1.31 bits per heavy atom. The molecule has 0 radical (unpaired) electrons. The van der Waals surface area contributed by atoms with Gasteiger partial charge in [0.15, 0.2) is 5.78 Å². The van der Waals surface area contributed by atoms with Gasteiger partial charge in [-0.1, -0.05) is 72.8 Å². The van der Waals surface area contributed by atoms with Crippen molar-refractivity contribution in [3.63, 3.8) is 0 Å². The first-order valence-electron chi connectivity index (χ1n) is 10.8. The van der Waals surface area contributed by atoms with Gasteiger partial charge in [-0.2, -0.15) is 10.2 Å². The highest BCUT2D eigenvalue weighted by molar-refractivity contribution is 6.10. The molecule has 0 amide bonds. The van der Waals surface area contributed by atoms with Gasteiger partial charge < -0.3 is 0 Å². The van der Waals surface area contributed by atoms with Gasteiger partial charge >= 0.3 is 0 Å². The molecule has 0 aliphatic heterocycles. The summed E-state index contributed by atoms with van der Waals surface area (Å²) in [6.45, 7) is 4.07. The van der Waals surface area contributed by atoms with Crippen LogP contribution in [-0.2, 0) is 17.6 Å². The predicted molar refractivity (Wildman–Crippen MR) is 130 cm³/mol. The molecule has 0 heterocycles. The Bertz CT molecular complexity index is 1170. The lowest BCUT2D eigenvalue weighted by Gasteiger charge is -2.16. The molecule has 0 bridgehead atoms. The second-order valence-corrected chi connectivity index (χ2v) is 8.13. The van der Waals surface area contributed by atoms with Crippen molar-refractivity contribution in [2.75, 3.05) is 0 Å². The van der Waals surface area contributed by atoms with Gasteiger partial charge in [-0.25, -0.2) is 0 Å². The van der Waals surface area contributed by atoms with Crippen LogP contribution in [0.3, 0.4) is 0 Å². The molecule has 0 unspecified atom stereocenters. The Hall–Kier alpha value is -3.85. The van der Waals surface area contributed by atoms with Crippen molar-refractivity contribution in [2.45, 2.75) is 26.7 Å². The van der Waals surface area contributed by atoms with Crippen molar-refractivity contribution in [1.82, 2.24) is 0 Å². The maximum Gasteiger partial charge on any atom is 0.185 e. The molecule has 0 fully saturated rings. The molecule has 1 aliphatic carbocycles. The van der Waals surface area contributed by atoms with E-state index in [9.17, 15) is 4.79 Å². The number of Topliss-reactive ketones (excluding diaryl/α,β-unsaturated/α-hetero) is 1. The lowest BCUT2D eigenvalue weighted by molar-refractivity contribution is -0.112. The average molecular weight is 419 g/mol. The van der Waals surface area contributed by atoms with E-state index in [2.05, 4.69) is 16.3 Å². The number of aryl methyl sites for hydroxylation is 2. The van der Waals surface area contributed by atoms with Crippen molar-refractivity contribution in [3.8, 4) is 0 Å². The van der Waals surface area contributed by atoms with Crippen molar-refractivity contribution in [3.05, 3.63) is 136 Å². The first-order chi connectivity index (χ1) is 15.6. The number of hydrogen-bond acceptors (Lipinski definition) is 3. The SMILES string of the molecule is Cc1ccc(C)c(N=NC=C2C=C(Cc3ccccc3)C(=O)C(Cc3ccccc3)=C2)c1. The monoisotopic (exact) mass is 418 g/mol. The minimum atomic E-state index is 0.0984. The van der Waals surface area contributed by atoms with E-state index in [1.54, 1.807) is 6.20 Å². The van der Waals surface area contributed by atoms with Crippen LogP contribution in [0.25, 0.3) is 0 Å². The summed E-state index contributed by atoms with van der Waals surface area (Å²) in [5, 5.41) is 8.74. The van der Waals surface area contributed by atoms with Crippen LogP contribution in [-0.4, -0.2) is 5.78 Å². The Morgan fingerprint density at radius 1 is 0.750 bits per heavy atom. The highest BCUT2D eigenvalue weighted by Gasteiger charge is 2.20. The van der Waals surface area contributed by atoms with Crippen molar-refractivity contribution < 1.29 is 4.79 Å². The van der Waals surface area contributed by atoms with Gasteiger partial charge in [0, 0.05) is 24.0 Å². The van der Waals surface area contributed by atoms with E-state index < -0.39 is 0 Å². The Labute approximate surface area is 189 Å². The third-order valence-corrected chi connectivity index (χ3v) is 5.48. The third kappa shape index (κ3) is 5.44. The van der Waals surface area contributed by atoms with E-state index in [4.69, 9.17) is 0 Å². The fourth-order valence-electron chi connectivity index (χ4n) is 3.73. The molecular weight excluding hydrogens is 392 g/mol. The zero-order valence-electron chi connectivity index (χ0n) is 18.5. The molecule has 0 spiro atoms. The summed E-state index contributed by atoms with van der Waals surface area (Å²) in [7, 11) is 0. The summed E-state index contributed by atoms with van der Waals surface area (Å²) < 4.78 is 0. The summed E-state index contributed by atoms with van der Waals surface area (Å²) in [4.78, 5) is 13.2. The number of benzene rings is 3. The molecule has 0 N–H and O–H groups in total. The minimum Gasteiger partial charge on any atom is -0.289 e. The number of nitrogens with zero attached hydrogens (tertiary/aromatic N) is 2. The van der Waals surface area contributed by atoms with E-state index in [-0.39, 0.29) is 5.78 Å². The Morgan fingerprint density at radius 3 is 1.88 bits per heavy atom. The number of ketones is 1. The largest absolute Gasteiger partial charge is 0.289 e. The lowest BCUT2D eigenvalue weighted by Crippen LogP contribution is -2.14. The standard InChI is InChI=1S/C29H26N2O/c1-21-13-14-22(2)28(15-21)31-30-20-25-18-26(16-23-9-5-3-6-10-23)29(32)27(19-25)17-24-11-7-4-8-12-24/h3-15,18-20H,16-17H2,1-2H3. The number of carbonyl (C=O) groups is 1. The quantitative estimate of drug-likeness (QED) is 0.391. The van der Waals surface area contributed by atoms with Crippen LogP contribution in [0.5, 0.6) is 0 Å². The van der Waals surface area contributed by atoms with Gasteiger partial charge in [-0.05, 0) is 59.9 Å². The highest BCUT2D eigenvalue weighted by Crippen LogP contribution is 2.26. The maximum atomic E-state index is 13.2. The lowest BCUT2D eigenvalue weighted by atomic mass is 9.87. The number of carbonyl (C=O) groups excluding carboxylic acids is 1. The van der Waals surface area contributed by atoms with Gasteiger partial charge in [-0.15, -0.1) is 0 Å². The van der Waals surface area contributed by atoms with Gasteiger partial charge in [-0.3, -0.25) is 4.79 Å². The van der Waals surface area contributed by atoms with Crippen LogP contribution in [0.2, 0.25) is 0 Å². The summed E-state index contributed by atoms with van der Waals surface area (Å²) in [5.74, 6) is 0.0984. The van der Waals surface area contributed by atoms with Crippen LogP contribution in [0.4, 0.5) is 5.69 Å². The van der Waals surface area contributed by atoms with E-state index in [1.165, 1.54) is 0 Å². The normalized spacial score (nSPS) is 13.8. The zero-order valence-corrected chi connectivity index (χ0v) is 18.5. The zero-order chi connectivity index (χ0) is 22.3. The van der Waals surface area contributed by atoms with Crippen LogP contribution in [0.1, 0.15) is 22.3 Å². The molecule has 0 saturated carbocycles. The Balaban J connectivity index is 1.65. The van der Waals surface area contributed by atoms with Crippen LogP contribution < -0.4 is 0 Å². The fourth-order valence-corrected chi connectivity index (χ4v) is 3.73. The second kappa shape index (κ2) is 9.97. The number of hydrogen-bond donors (Lipinski definition) is 0. The number of allylic oxidation sites excluding steroid dienone is 5. The smallest absolute Gasteiger partial charge is 0.185 e. The highest BCUT2D eigenvalue weighted by atomic mass is 16.1. The summed E-state index contributed by atoms with van der Waals surface area (Å²) in [6.07, 6.45) is 6.80. The maximum absolute atomic E-state index is 13.2. The third-order valence-electron chi connectivity index (χ3n) is 5.48. The minimum absolute atomic E-state index is 0.0984. The van der Waals surface area contributed by atoms with Crippen LogP contribution in [0.15, 0.2) is 124 Å². The second-order valence-electron chi connectivity index (χ2n) is 8.13. The average Bonchev–Trinajstić information content (AvgIpc) is 2.80. The fraction of sp³-hybridized carbons (Fsp3) is 0.138. The molecule has 0 atom stereocenters. The Kier molecular flexibility index (Phi) is 6.66. The number of azo groups is 1. The van der Waals surface area contributed by atoms with Gasteiger partial charge in [0.05, 0.1) is 11.9 Å². The van der Waals surface area contributed by atoms with Crippen molar-refractivity contribution >= 4 is 11.5 Å². The van der Waals surface area contributed by atoms with Crippen molar-refractivity contribution in [2.24, 2.45) is 10.2 Å². The summed E-state index contributed by atoms with van der Waals surface area (Å²) in [5.41, 5.74) is 7.75. The molecule has 1 aliphatic rings. The van der Waals surface area contributed by atoms with Gasteiger partial charge in [0.2, 0.25) is 0 Å². The van der Waals surface area contributed by atoms with Gasteiger partial charge in [0.1, 0.15) is 0 Å². The molecular formula is C29H26N2O. The van der Waals surface area contributed by atoms with E-state index >= 15 is 0 Å².